The number of nitrogens with zero attached hydrogens (tertiary/aromatic N) is 3. The first-order valence-corrected chi connectivity index (χ1v) is 11.6. The van der Waals surface area contributed by atoms with Crippen LogP contribution < -0.4 is 10.2 Å². The lowest BCUT2D eigenvalue weighted by Gasteiger charge is -2.35. The van der Waals surface area contributed by atoms with Gasteiger partial charge >= 0.3 is 0 Å². The number of anilines is 1. The van der Waals surface area contributed by atoms with E-state index < -0.39 is 5.60 Å². The summed E-state index contributed by atoms with van der Waals surface area (Å²) in [6.07, 6.45) is 2.46. The fourth-order valence-corrected chi connectivity index (χ4v) is 4.37. The van der Waals surface area contributed by atoms with Crippen LogP contribution in [0.4, 0.5) is 5.82 Å². The van der Waals surface area contributed by atoms with E-state index >= 15 is 0 Å². The average molecular weight is 437 g/mol. The van der Waals surface area contributed by atoms with E-state index in [1.54, 1.807) is 0 Å². The van der Waals surface area contributed by atoms with Crippen LogP contribution in [0.25, 0.3) is 22.3 Å². The van der Waals surface area contributed by atoms with Gasteiger partial charge in [0.15, 0.2) is 5.82 Å². The van der Waals surface area contributed by atoms with Gasteiger partial charge in [0.05, 0.1) is 5.52 Å². The zero-order chi connectivity index (χ0) is 22.7. The highest BCUT2D eigenvalue weighted by Gasteiger charge is 2.34. The Balaban J connectivity index is 0.00000204. The molecule has 2 N–H and O–H groups in total. The molecule has 1 fully saturated rings. The number of piperidine rings is 1. The maximum absolute atomic E-state index is 12.6. The van der Waals surface area contributed by atoms with Crippen molar-refractivity contribution in [2.75, 3.05) is 18.0 Å². The van der Waals surface area contributed by atoms with Gasteiger partial charge < -0.3 is 15.3 Å². The Hall–Kier alpha value is -2.99. The van der Waals surface area contributed by atoms with Crippen molar-refractivity contribution in [3.63, 3.8) is 0 Å². The van der Waals surface area contributed by atoms with Gasteiger partial charge in [-0.25, -0.2) is 9.97 Å². The predicted octanol–water partition coefficient (Wildman–Crippen LogP) is 4.73. The minimum atomic E-state index is -1.28. The van der Waals surface area contributed by atoms with Gasteiger partial charge in [0.1, 0.15) is 11.4 Å². The van der Waals surface area contributed by atoms with Crippen LogP contribution in [0.1, 0.15) is 47.9 Å². The van der Waals surface area contributed by atoms with E-state index in [1.165, 1.54) is 0 Å². The van der Waals surface area contributed by atoms with E-state index in [1.807, 2.05) is 44.2 Å². The van der Waals surface area contributed by atoms with Crippen LogP contribution in [0, 0.1) is 6.92 Å². The molecule has 2 aromatic carbocycles. The van der Waals surface area contributed by atoms with E-state index in [0.29, 0.717) is 12.8 Å². The molecule has 0 spiro atoms. The Morgan fingerprint density at radius 3 is 2.44 bits per heavy atom. The molecule has 6 nitrogen and oxygen atoms in total. The quantitative estimate of drug-likeness (QED) is 0.584. The third kappa shape index (κ3) is 4.32. The SMILES string of the molecule is CCC(O)(CC)C(=O)NC1CCN(c2nc(-c3ccccc3C)nc3ccccc23)CC1.[HH].[HH]. The van der Waals surface area contributed by atoms with Crippen LogP contribution in [0.3, 0.4) is 0 Å². The molecular formula is C26H36N4O2. The first kappa shape index (κ1) is 22.2. The predicted molar refractivity (Wildman–Crippen MR) is 133 cm³/mol. The van der Waals surface area contributed by atoms with Crippen molar-refractivity contribution in [2.24, 2.45) is 0 Å². The van der Waals surface area contributed by atoms with Crippen molar-refractivity contribution in [3.05, 3.63) is 54.1 Å². The number of nitrogens with one attached hydrogen (secondary N) is 1. The van der Waals surface area contributed by atoms with Gasteiger partial charge in [0, 0.05) is 32.9 Å². The summed E-state index contributed by atoms with van der Waals surface area (Å²) in [5, 5.41) is 14.6. The molecule has 1 aromatic heterocycles. The van der Waals surface area contributed by atoms with Gasteiger partial charge in [-0.05, 0) is 50.3 Å². The number of fused-ring (bicyclic) bond motifs is 1. The van der Waals surface area contributed by atoms with Crippen LogP contribution >= 0.6 is 0 Å². The lowest BCUT2D eigenvalue weighted by atomic mass is 9.95. The number of benzene rings is 2. The number of amides is 1. The molecule has 32 heavy (non-hydrogen) atoms. The molecule has 3 aromatic rings. The average Bonchev–Trinajstić information content (AvgIpc) is 2.83. The minimum absolute atomic E-state index is 0. The minimum Gasteiger partial charge on any atom is -0.380 e. The molecule has 2 heterocycles. The highest BCUT2D eigenvalue weighted by molar-refractivity contribution is 5.91. The van der Waals surface area contributed by atoms with E-state index in [-0.39, 0.29) is 14.8 Å². The molecule has 1 aliphatic heterocycles. The van der Waals surface area contributed by atoms with Gasteiger partial charge in [-0.15, -0.1) is 0 Å². The van der Waals surface area contributed by atoms with Gasteiger partial charge in [-0.3, -0.25) is 4.79 Å². The largest absolute Gasteiger partial charge is 0.380 e. The van der Waals surface area contributed by atoms with Crippen LogP contribution in [0.15, 0.2) is 48.5 Å². The molecule has 1 saturated heterocycles. The van der Waals surface area contributed by atoms with Crippen LogP contribution in [-0.4, -0.2) is 45.7 Å². The fraction of sp³-hybridized carbons (Fsp3) is 0.423. The fourth-order valence-electron chi connectivity index (χ4n) is 4.37. The van der Waals surface area contributed by atoms with E-state index in [2.05, 4.69) is 35.3 Å². The number of hydrogen-bond acceptors (Lipinski definition) is 5. The number of para-hydroxylation sites is 1. The molecule has 0 aliphatic carbocycles. The molecular weight excluding hydrogens is 400 g/mol. The van der Waals surface area contributed by atoms with E-state index in [0.717, 1.165) is 59.6 Å². The summed E-state index contributed by atoms with van der Waals surface area (Å²) in [6.45, 7) is 7.34. The van der Waals surface area contributed by atoms with Crippen molar-refractivity contribution < 1.29 is 12.8 Å². The van der Waals surface area contributed by atoms with Crippen molar-refractivity contribution in [3.8, 4) is 11.4 Å². The highest BCUT2D eigenvalue weighted by atomic mass is 16.3. The molecule has 0 unspecified atom stereocenters. The summed E-state index contributed by atoms with van der Waals surface area (Å²) in [7, 11) is 0. The third-order valence-electron chi connectivity index (χ3n) is 6.69. The standard InChI is InChI=1S/C26H32N4O2.2H2/c1-4-26(32,5-2)25(31)27-19-14-16-30(17-15-19)24-21-12-8-9-13-22(21)28-23(29-24)20-11-7-6-10-18(20)3;;/h6-13,19,32H,4-5,14-17H2,1-3H3,(H,27,31);2*1H. The van der Waals surface area contributed by atoms with Gasteiger partial charge in [0.2, 0.25) is 0 Å². The third-order valence-corrected chi connectivity index (χ3v) is 6.69. The Labute approximate surface area is 192 Å². The second kappa shape index (κ2) is 9.25. The second-order valence-corrected chi connectivity index (χ2v) is 8.68. The number of aromatic nitrogens is 2. The maximum Gasteiger partial charge on any atom is 0.252 e. The summed E-state index contributed by atoms with van der Waals surface area (Å²) < 4.78 is 0. The van der Waals surface area contributed by atoms with Gasteiger partial charge in [-0.2, -0.15) is 0 Å². The second-order valence-electron chi connectivity index (χ2n) is 8.68. The number of aliphatic hydroxyl groups is 1. The Bertz CT molecular complexity index is 1110. The van der Waals surface area contributed by atoms with Crippen LogP contribution in [0.2, 0.25) is 0 Å². The zero-order valence-electron chi connectivity index (χ0n) is 19.1. The molecule has 0 saturated carbocycles. The summed E-state index contributed by atoms with van der Waals surface area (Å²) in [5.74, 6) is 1.43. The smallest absolute Gasteiger partial charge is 0.252 e. The first-order valence-electron chi connectivity index (χ1n) is 11.6. The van der Waals surface area contributed by atoms with Crippen molar-refractivity contribution >= 4 is 22.6 Å². The number of hydrogen-bond donors (Lipinski definition) is 2. The zero-order valence-corrected chi connectivity index (χ0v) is 19.1. The maximum atomic E-state index is 12.6. The monoisotopic (exact) mass is 436 g/mol. The normalized spacial score (nSPS) is 15.2. The molecule has 4 rings (SSSR count). The number of carbonyl (C=O) groups excluding carboxylic acids is 1. The summed E-state index contributed by atoms with van der Waals surface area (Å²) in [4.78, 5) is 24.7. The molecule has 1 amide bonds. The van der Waals surface area contributed by atoms with Crippen molar-refractivity contribution in [1.82, 2.24) is 15.3 Å². The Morgan fingerprint density at radius 1 is 1.09 bits per heavy atom. The van der Waals surface area contributed by atoms with E-state index in [9.17, 15) is 9.90 Å². The van der Waals surface area contributed by atoms with Crippen LogP contribution in [-0.2, 0) is 4.79 Å². The molecule has 6 heteroatoms. The number of rotatable bonds is 6. The van der Waals surface area contributed by atoms with Gasteiger partial charge in [-0.1, -0.05) is 50.2 Å². The topological polar surface area (TPSA) is 78.4 Å². The van der Waals surface area contributed by atoms with Gasteiger partial charge in [0.25, 0.3) is 5.91 Å². The Morgan fingerprint density at radius 2 is 1.75 bits per heavy atom. The van der Waals surface area contributed by atoms with Crippen LogP contribution in [0.5, 0.6) is 0 Å². The van der Waals surface area contributed by atoms with Crippen molar-refractivity contribution in [1.29, 1.82) is 0 Å². The first-order chi connectivity index (χ1) is 15.4. The van der Waals surface area contributed by atoms with Crippen molar-refractivity contribution in [2.45, 2.75) is 58.1 Å². The summed E-state index contributed by atoms with van der Waals surface area (Å²) in [5.41, 5.74) is 1.85. The molecule has 1 aliphatic rings. The molecule has 0 bridgehead atoms. The highest BCUT2D eigenvalue weighted by Crippen LogP contribution is 2.30. The summed E-state index contributed by atoms with van der Waals surface area (Å²) >= 11 is 0. The number of carbonyl (C=O) groups is 1. The molecule has 0 radical (unpaired) electrons. The Kier molecular flexibility index (Phi) is 6.42. The number of aryl methyl sites for hydroxylation is 1. The lowest BCUT2D eigenvalue weighted by Crippen LogP contribution is -2.52. The summed E-state index contributed by atoms with van der Waals surface area (Å²) in [6, 6.07) is 16.4. The molecule has 0 atom stereocenters. The van der Waals surface area contributed by atoms with E-state index in [4.69, 9.17) is 9.97 Å². The lowest BCUT2D eigenvalue weighted by molar-refractivity contribution is -0.141. The molecule has 172 valence electrons.